The summed E-state index contributed by atoms with van der Waals surface area (Å²) in [6.45, 7) is 2.84. The Labute approximate surface area is 193 Å². The van der Waals surface area contributed by atoms with Gasteiger partial charge in [0.1, 0.15) is 12.4 Å². The molecule has 1 N–H and O–H groups in total. The van der Waals surface area contributed by atoms with Crippen molar-refractivity contribution >= 4 is 33.2 Å². The monoisotopic (exact) mass is 472 g/mol. The maximum absolute atomic E-state index is 12.4. The van der Waals surface area contributed by atoms with Crippen molar-refractivity contribution in [3.63, 3.8) is 0 Å². The maximum atomic E-state index is 12.4. The van der Waals surface area contributed by atoms with Crippen LogP contribution in [0.4, 0.5) is 5.69 Å². The molecular weight excluding hydrogens is 448 g/mol. The topological polar surface area (TPSA) is 75.7 Å². The van der Waals surface area contributed by atoms with Gasteiger partial charge in [0.15, 0.2) is 0 Å². The number of nitrogens with zero attached hydrogens (tertiary/aromatic N) is 1. The number of anilines is 1. The normalized spacial score (nSPS) is 11.1. The molecule has 0 fully saturated rings. The van der Waals surface area contributed by atoms with Crippen LogP contribution in [-0.4, -0.2) is 33.7 Å². The first-order valence-corrected chi connectivity index (χ1v) is 12.3. The van der Waals surface area contributed by atoms with Crippen LogP contribution in [0.2, 0.25) is 5.02 Å². The second-order valence-corrected chi connectivity index (χ2v) is 9.66. The van der Waals surface area contributed by atoms with E-state index in [0.29, 0.717) is 29.4 Å². The zero-order valence-electron chi connectivity index (χ0n) is 17.9. The predicted molar refractivity (Wildman–Crippen MR) is 128 cm³/mol. The molecule has 0 radical (unpaired) electrons. The van der Waals surface area contributed by atoms with Crippen molar-refractivity contribution in [1.82, 2.24) is 5.32 Å². The van der Waals surface area contributed by atoms with Gasteiger partial charge in [0.2, 0.25) is 10.0 Å². The average molecular weight is 473 g/mol. The first-order valence-electron chi connectivity index (χ1n) is 10.0. The number of nitrogens with one attached hydrogen (secondary N) is 1. The van der Waals surface area contributed by atoms with Gasteiger partial charge in [-0.15, -0.1) is 0 Å². The Morgan fingerprint density at radius 2 is 1.66 bits per heavy atom. The Morgan fingerprint density at radius 1 is 1.00 bits per heavy atom. The van der Waals surface area contributed by atoms with Crippen LogP contribution in [0.15, 0.2) is 72.8 Å². The molecule has 0 atom stereocenters. The third-order valence-corrected chi connectivity index (χ3v) is 6.19. The SMILES string of the molecule is Cc1ccccc1OCCNC(=O)c1ccc(CN(c2ccc(Cl)cc2)S(C)(=O)=O)cc1. The van der Waals surface area contributed by atoms with E-state index in [0.717, 1.165) is 23.1 Å². The molecule has 0 saturated carbocycles. The smallest absolute Gasteiger partial charge is 0.251 e. The first kappa shape index (κ1) is 23.6. The Balaban J connectivity index is 1.58. The summed E-state index contributed by atoms with van der Waals surface area (Å²) >= 11 is 5.91. The number of carbonyl (C=O) groups excluding carboxylic acids is 1. The van der Waals surface area contributed by atoms with Crippen LogP contribution in [0, 0.1) is 6.92 Å². The quantitative estimate of drug-likeness (QED) is 0.467. The van der Waals surface area contributed by atoms with Crippen molar-refractivity contribution in [2.45, 2.75) is 13.5 Å². The molecule has 32 heavy (non-hydrogen) atoms. The number of aryl methyl sites for hydroxylation is 1. The van der Waals surface area contributed by atoms with Gasteiger partial charge in [0.25, 0.3) is 5.91 Å². The molecule has 168 valence electrons. The van der Waals surface area contributed by atoms with Crippen LogP contribution >= 0.6 is 11.6 Å². The van der Waals surface area contributed by atoms with E-state index in [2.05, 4.69) is 5.32 Å². The van der Waals surface area contributed by atoms with Gasteiger partial charge in [-0.25, -0.2) is 8.42 Å². The molecule has 0 aliphatic rings. The first-order chi connectivity index (χ1) is 15.2. The lowest BCUT2D eigenvalue weighted by Crippen LogP contribution is -2.29. The minimum Gasteiger partial charge on any atom is -0.491 e. The van der Waals surface area contributed by atoms with E-state index in [4.69, 9.17) is 16.3 Å². The van der Waals surface area contributed by atoms with Gasteiger partial charge in [-0.3, -0.25) is 9.10 Å². The number of ether oxygens (including phenoxy) is 1. The van der Waals surface area contributed by atoms with Crippen LogP contribution in [-0.2, 0) is 16.6 Å². The van der Waals surface area contributed by atoms with Crippen molar-refractivity contribution in [2.24, 2.45) is 0 Å². The highest BCUT2D eigenvalue weighted by Crippen LogP contribution is 2.23. The summed E-state index contributed by atoms with van der Waals surface area (Å²) in [5.74, 6) is 0.574. The lowest BCUT2D eigenvalue weighted by Gasteiger charge is -2.22. The highest BCUT2D eigenvalue weighted by Gasteiger charge is 2.18. The maximum Gasteiger partial charge on any atom is 0.251 e. The van der Waals surface area contributed by atoms with Gasteiger partial charge in [-0.1, -0.05) is 41.9 Å². The predicted octanol–water partition coefficient (Wildman–Crippen LogP) is 4.42. The lowest BCUT2D eigenvalue weighted by atomic mass is 10.1. The highest BCUT2D eigenvalue weighted by molar-refractivity contribution is 7.92. The summed E-state index contributed by atoms with van der Waals surface area (Å²) in [6, 6.07) is 21.1. The summed E-state index contributed by atoms with van der Waals surface area (Å²) in [5, 5.41) is 3.35. The molecule has 0 bridgehead atoms. The Morgan fingerprint density at radius 3 is 2.28 bits per heavy atom. The van der Waals surface area contributed by atoms with Gasteiger partial charge < -0.3 is 10.1 Å². The van der Waals surface area contributed by atoms with Gasteiger partial charge >= 0.3 is 0 Å². The van der Waals surface area contributed by atoms with Crippen molar-refractivity contribution in [3.8, 4) is 5.75 Å². The second-order valence-electron chi connectivity index (χ2n) is 7.31. The molecule has 0 aromatic heterocycles. The highest BCUT2D eigenvalue weighted by atomic mass is 35.5. The summed E-state index contributed by atoms with van der Waals surface area (Å²) in [6.07, 6.45) is 1.16. The minimum absolute atomic E-state index is 0.145. The third-order valence-electron chi connectivity index (χ3n) is 4.80. The van der Waals surface area contributed by atoms with E-state index in [1.54, 1.807) is 48.5 Å². The number of carbonyl (C=O) groups is 1. The number of benzene rings is 3. The lowest BCUT2D eigenvalue weighted by molar-refractivity contribution is 0.0947. The number of hydrogen-bond acceptors (Lipinski definition) is 4. The number of sulfonamides is 1. The minimum atomic E-state index is -3.50. The van der Waals surface area contributed by atoms with E-state index >= 15 is 0 Å². The Hall–Kier alpha value is -3.03. The standard InChI is InChI=1S/C24H25ClN2O4S/c1-18-5-3-4-6-23(18)31-16-15-26-24(28)20-9-7-19(8-10-20)17-27(32(2,29)30)22-13-11-21(25)12-14-22/h3-14H,15-17H2,1-2H3,(H,26,28). The summed E-state index contributed by atoms with van der Waals surface area (Å²) in [7, 11) is -3.50. The molecule has 6 nitrogen and oxygen atoms in total. The number of halogens is 1. The fraction of sp³-hybridized carbons (Fsp3) is 0.208. The largest absolute Gasteiger partial charge is 0.491 e. The third kappa shape index (κ3) is 6.48. The summed E-state index contributed by atoms with van der Waals surface area (Å²) < 4.78 is 31.5. The van der Waals surface area contributed by atoms with Crippen LogP contribution in [0.25, 0.3) is 0 Å². The molecule has 0 spiro atoms. The van der Waals surface area contributed by atoms with E-state index < -0.39 is 10.0 Å². The average Bonchev–Trinajstić information content (AvgIpc) is 2.76. The van der Waals surface area contributed by atoms with Gasteiger partial charge in [0, 0.05) is 10.6 Å². The second kappa shape index (κ2) is 10.5. The summed E-state index contributed by atoms with van der Waals surface area (Å²) in [4.78, 5) is 12.4. The molecule has 0 unspecified atom stereocenters. The summed E-state index contributed by atoms with van der Waals surface area (Å²) in [5.41, 5.74) is 2.80. The molecular formula is C24H25ClN2O4S. The van der Waals surface area contributed by atoms with E-state index in [1.165, 1.54) is 4.31 Å². The zero-order chi connectivity index (χ0) is 23.1. The van der Waals surface area contributed by atoms with Crippen LogP contribution < -0.4 is 14.4 Å². The fourth-order valence-corrected chi connectivity index (χ4v) is 4.09. The number of rotatable bonds is 9. The molecule has 8 heteroatoms. The van der Waals surface area contributed by atoms with Gasteiger partial charge in [-0.05, 0) is 60.5 Å². The molecule has 0 heterocycles. The van der Waals surface area contributed by atoms with E-state index in [1.807, 2.05) is 31.2 Å². The molecule has 1 amide bonds. The molecule has 3 rings (SSSR count). The van der Waals surface area contributed by atoms with Crippen LogP contribution in [0.3, 0.4) is 0 Å². The van der Waals surface area contributed by atoms with E-state index in [9.17, 15) is 13.2 Å². The van der Waals surface area contributed by atoms with Gasteiger partial charge in [-0.2, -0.15) is 0 Å². The van der Waals surface area contributed by atoms with Crippen molar-refractivity contribution < 1.29 is 17.9 Å². The van der Waals surface area contributed by atoms with Crippen molar-refractivity contribution in [2.75, 3.05) is 23.7 Å². The Bertz CT molecular complexity index is 1160. The van der Waals surface area contributed by atoms with Crippen molar-refractivity contribution in [3.05, 3.63) is 94.5 Å². The molecule has 3 aromatic carbocycles. The van der Waals surface area contributed by atoms with Crippen molar-refractivity contribution in [1.29, 1.82) is 0 Å². The molecule has 3 aromatic rings. The number of amides is 1. The number of hydrogen-bond donors (Lipinski definition) is 1. The van der Waals surface area contributed by atoms with E-state index in [-0.39, 0.29) is 12.5 Å². The molecule has 0 saturated heterocycles. The number of para-hydroxylation sites is 1. The fourth-order valence-electron chi connectivity index (χ4n) is 3.08. The van der Waals surface area contributed by atoms with Crippen LogP contribution in [0.5, 0.6) is 5.75 Å². The Kier molecular flexibility index (Phi) is 7.77. The molecule has 0 aliphatic heterocycles. The zero-order valence-corrected chi connectivity index (χ0v) is 19.5. The molecule has 0 aliphatic carbocycles. The van der Waals surface area contributed by atoms with Gasteiger partial charge in [0.05, 0.1) is 25.0 Å². The van der Waals surface area contributed by atoms with Crippen LogP contribution in [0.1, 0.15) is 21.5 Å².